The van der Waals surface area contributed by atoms with Crippen LogP contribution in [0.3, 0.4) is 0 Å². The fourth-order valence-electron chi connectivity index (χ4n) is 5.48. The Kier molecular flexibility index (Phi) is 9.81. The van der Waals surface area contributed by atoms with E-state index in [1.54, 1.807) is 23.1 Å². The van der Waals surface area contributed by atoms with E-state index in [2.05, 4.69) is 5.32 Å². The van der Waals surface area contributed by atoms with Gasteiger partial charge in [0.15, 0.2) is 6.61 Å². The zero-order valence-electron chi connectivity index (χ0n) is 22.9. The Hall–Kier alpha value is -3.54. The van der Waals surface area contributed by atoms with Crippen LogP contribution in [0.4, 0.5) is 0 Å². The van der Waals surface area contributed by atoms with Crippen molar-refractivity contribution in [1.29, 1.82) is 0 Å². The average molecular weight is 590 g/mol. The summed E-state index contributed by atoms with van der Waals surface area (Å²) in [4.78, 5) is 29.6. The molecular formula is C34H34Cl2N2O3. The van der Waals surface area contributed by atoms with E-state index in [9.17, 15) is 9.59 Å². The van der Waals surface area contributed by atoms with Crippen LogP contribution in [0.5, 0.6) is 5.75 Å². The van der Waals surface area contributed by atoms with Crippen molar-refractivity contribution in [2.45, 2.75) is 57.2 Å². The number of benzene rings is 4. The molecule has 7 heteroatoms. The van der Waals surface area contributed by atoms with Gasteiger partial charge in [-0.2, -0.15) is 0 Å². The van der Waals surface area contributed by atoms with Gasteiger partial charge in [0, 0.05) is 34.4 Å². The first-order valence-electron chi connectivity index (χ1n) is 14.2. The van der Waals surface area contributed by atoms with Crippen molar-refractivity contribution >= 4 is 45.8 Å². The average Bonchev–Trinajstić information content (AvgIpc) is 2.99. The van der Waals surface area contributed by atoms with Crippen LogP contribution in [0.2, 0.25) is 10.0 Å². The highest BCUT2D eigenvalue weighted by molar-refractivity contribution is 6.35. The molecule has 0 saturated heterocycles. The minimum atomic E-state index is -0.755. The van der Waals surface area contributed by atoms with E-state index in [-0.39, 0.29) is 31.0 Å². The molecule has 41 heavy (non-hydrogen) atoms. The van der Waals surface area contributed by atoms with Crippen LogP contribution in [0.15, 0.2) is 91.0 Å². The van der Waals surface area contributed by atoms with E-state index in [1.807, 2.05) is 72.8 Å². The number of fused-ring (bicyclic) bond motifs is 1. The van der Waals surface area contributed by atoms with Crippen LogP contribution in [-0.4, -0.2) is 35.4 Å². The summed E-state index contributed by atoms with van der Waals surface area (Å²) in [6, 6.07) is 28.0. The van der Waals surface area contributed by atoms with Gasteiger partial charge in [0.1, 0.15) is 11.8 Å². The lowest BCUT2D eigenvalue weighted by Crippen LogP contribution is -2.53. The number of rotatable bonds is 10. The Morgan fingerprint density at radius 1 is 0.878 bits per heavy atom. The molecule has 0 heterocycles. The number of nitrogens with one attached hydrogen (secondary N) is 1. The molecule has 2 amide bonds. The molecule has 4 aromatic rings. The van der Waals surface area contributed by atoms with Gasteiger partial charge in [0.25, 0.3) is 5.91 Å². The predicted molar refractivity (Wildman–Crippen MR) is 165 cm³/mol. The van der Waals surface area contributed by atoms with Gasteiger partial charge in [0.05, 0.1) is 0 Å². The molecular weight excluding hydrogens is 555 g/mol. The monoisotopic (exact) mass is 588 g/mol. The summed E-state index contributed by atoms with van der Waals surface area (Å²) < 4.78 is 6.10. The van der Waals surface area contributed by atoms with Crippen LogP contribution >= 0.6 is 23.2 Å². The standard InChI is InChI=1S/C34H34Cl2N2O3/c35-27-19-18-26(30(36)21-27)22-38(33(39)23-41-32-17-9-13-25-12-7-8-16-29(25)32)31(20-24-10-3-1-4-11-24)34(40)37-28-14-5-2-6-15-28/h1,3-4,7-13,16-19,21,28,31H,2,5-6,14-15,20,22-23H2,(H,37,40)/t31-/m1/s1. The topological polar surface area (TPSA) is 58.6 Å². The Morgan fingerprint density at radius 3 is 2.39 bits per heavy atom. The molecule has 1 fully saturated rings. The molecule has 0 radical (unpaired) electrons. The van der Waals surface area contributed by atoms with Gasteiger partial charge in [-0.25, -0.2) is 0 Å². The maximum Gasteiger partial charge on any atom is 0.261 e. The summed E-state index contributed by atoms with van der Waals surface area (Å²) in [5.74, 6) is 0.153. The minimum absolute atomic E-state index is 0.109. The maximum absolute atomic E-state index is 14.0. The van der Waals surface area contributed by atoms with Crippen molar-refractivity contribution in [3.63, 3.8) is 0 Å². The number of hydrogen-bond donors (Lipinski definition) is 1. The van der Waals surface area contributed by atoms with Gasteiger partial charge in [-0.05, 0) is 47.6 Å². The zero-order valence-corrected chi connectivity index (χ0v) is 24.4. The van der Waals surface area contributed by atoms with Gasteiger partial charge < -0.3 is 15.0 Å². The Morgan fingerprint density at radius 2 is 1.61 bits per heavy atom. The van der Waals surface area contributed by atoms with Crippen molar-refractivity contribution in [3.8, 4) is 5.75 Å². The van der Waals surface area contributed by atoms with E-state index in [4.69, 9.17) is 27.9 Å². The Balaban J connectivity index is 1.45. The lowest BCUT2D eigenvalue weighted by atomic mass is 9.94. The molecule has 4 aromatic carbocycles. The molecule has 0 aromatic heterocycles. The lowest BCUT2D eigenvalue weighted by Gasteiger charge is -2.33. The Labute approximate surface area is 251 Å². The van der Waals surface area contributed by atoms with Crippen LogP contribution in [0.25, 0.3) is 10.8 Å². The lowest BCUT2D eigenvalue weighted by molar-refractivity contribution is -0.143. The van der Waals surface area contributed by atoms with Gasteiger partial charge in [-0.1, -0.05) is 115 Å². The first kappa shape index (κ1) is 29.0. The summed E-state index contributed by atoms with van der Waals surface area (Å²) in [6.07, 6.45) is 5.64. The third-order valence-corrected chi connectivity index (χ3v) is 8.27. The van der Waals surface area contributed by atoms with Crippen LogP contribution < -0.4 is 10.1 Å². The first-order chi connectivity index (χ1) is 20.0. The van der Waals surface area contributed by atoms with E-state index < -0.39 is 6.04 Å². The minimum Gasteiger partial charge on any atom is -0.483 e. The zero-order chi connectivity index (χ0) is 28.6. The fraction of sp³-hybridized carbons (Fsp3) is 0.294. The Bertz CT molecular complexity index is 1480. The van der Waals surface area contributed by atoms with Crippen molar-refractivity contribution in [1.82, 2.24) is 10.2 Å². The van der Waals surface area contributed by atoms with E-state index in [1.165, 1.54) is 6.42 Å². The second-order valence-electron chi connectivity index (χ2n) is 10.6. The largest absolute Gasteiger partial charge is 0.483 e. The second kappa shape index (κ2) is 13.9. The van der Waals surface area contributed by atoms with Crippen LogP contribution in [0.1, 0.15) is 43.2 Å². The molecule has 212 valence electrons. The number of ether oxygens (including phenoxy) is 1. The number of amides is 2. The van der Waals surface area contributed by atoms with E-state index >= 15 is 0 Å². The quantitative estimate of drug-likeness (QED) is 0.207. The number of carbonyl (C=O) groups is 2. The summed E-state index contributed by atoms with van der Waals surface area (Å²) in [5.41, 5.74) is 1.67. The van der Waals surface area contributed by atoms with Crippen LogP contribution in [-0.2, 0) is 22.6 Å². The number of hydrogen-bond acceptors (Lipinski definition) is 3. The molecule has 1 aliphatic carbocycles. The highest BCUT2D eigenvalue weighted by atomic mass is 35.5. The molecule has 1 aliphatic rings. The van der Waals surface area contributed by atoms with Gasteiger partial charge in [0.2, 0.25) is 5.91 Å². The second-order valence-corrected chi connectivity index (χ2v) is 11.4. The van der Waals surface area contributed by atoms with Gasteiger partial charge >= 0.3 is 0 Å². The first-order valence-corrected chi connectivity index (χ1v) is 14.9. The van der Waals surface area contributed by atoms with Crippen molar-refractivity contribution < 1.29 is 14.3 Å². The highest BCUT2D eigenvalue weighted by Gasteiger charge is 2.32. The van der Waals surface area contributed by atoms with Gasteiger partial charge in [-0.15, -0.1) is 0 Å². The summed E-state index contributed by atoms with van der Waals surface area (Å²) in [5, 5.41) is 6.15. The molecule has 0 aliphatic heterocycles. The van der Waals surface area contributed by atoms with Crippen molar-refractivity contribution in [2.24, 2.45) is 0 Å². The smallest absolute Gasteiger partial charge is 0.261 e. The molecule has 5 rings (SSSR count). The molecule has 0 bridgehead atoms. The molecule has 1 atom stereocenters. The summed E-state index contributed by atoms with van der Waals surface area (Å²) in [6.45, 7) is -0.0788. The van der Waals surface area contributed by atoms with E-state index in [0.29, 0.717) is 27.8 Å². The third-order valence-electron chi connectivity index (χ3n) is 7.68. The maximum atomic E-state index is 14.0. The van der Waals surface area contributed by atoms with Crippen molar-refractivity contribution in [2.75, 3.05) is 6.61 Å². The molecule has 1 N–H and O–H groups in total. The van der Waals surface area contributed by atoms with Crippen molar-refractivity contribution in [3.05, 3.63) is 112 Å². The number of halogens is 2. The molecule has 0 unspecified atom stereocenters. The number of nitrogens with zero attached hydrogens (tertiary/aromatic N) is 1. The third kappa shape index (κ3) is 7.60. The molecule has 5 nitrogen and oxygen atoms in total. The van der Waals surface area contributed by atoms with Crippen LogP contribution in [0, 0.1) is 0 Å². The SMILES string of the molecule is O=C(NC1CCCCC1)[C@@H](Cc1ccccc1)N(Cc1ccc(Cl)cc1Cl)C(=O)COc1cccc2ccccc12. The predicted octanol–water partition coefficient (Wildman–Crippen LogP) is 7.61. The molecule has 1 saturated carbocycles. The fourth-order valence-corrected chi connectivity index (χ4v) is 5.94. The summed E-state index contributed by atoms with van der Waals surface area (Å²) >= 11 is 12.7. The van der Waals surface area contributed by atoms with Gasteiger partial charge in [-0.3, -0.25) is 9.59 Å². The van der Waals surface area contributed by atoms with E-state index in [0.717, 1.165) is 42.0 Å². The molecule has 0 spiro atoms. The number of carbonyl (C=O) groups excluding carboxylic acids is 2. The highest BCUT2D eigenvalue weighted by Crippen LogP contribution is 2.27. The summed E-state index contributed by atoms with van der Waals surface area (Å²) in [7, 11) is 0. The normalized spacial score (nSPS) is 14.4.